The van der Waals surface area contributed by atoms with Crippen molar-refractivity contribution in [3.8, 4) is 22.5 Å². The highest BCUT2D eigenvalue weighted by Gasteiger charge is 2.25. The number of hydrogen-bond acceptors (Lipinski definition) is 3. The summed E-state index contributed by atoms with van der Waals surface area (Å²) in [6, 6.07) is 17.1. The van der Waals surface area contributed by atoms with Gasteiger partial charge in [-0.05, 0) is 17.5 Å². The van der Waals surface area contributed by atoms with Gasteiger partial charge in [-0.15, -0.1) is 5.10 Å². The van der Waals surface area contributed by atoms with E-state index in [0.717, 1.165) is 24.5 Å². The van der Waals surface area contributed by atoms with E-state index in [2.05, 4.69) is 96.4 Å². The van der Waals surface area contributed by atoms with Crippen LogP contribution in [0.1, 0.15) is 19.4 Å². The molecular formula is C20H22BN4. The fourth-order valence-corrected chi connectivity index (χ4v) is 3.55. The molecule has 0 saturated heterocycles. The third-order valence-corrected chi connectivity index (χ3v) is 4.67. The van der Waals surface area contributed by atoms with Gasteiger partial charge in [0.1, 0.15) is 5.69 Å². The lowest BCUT2D eigenvalue weighted by atomic mass is 9.88. The molecule has 125 valence electrons. The summed E-state index contributed by atoms with van der Waals surface area (Å²) in [5, 5.41) is 9.09. The molecule has 3 aromatic rings. The molecule has 1 radical (unpaired) electrons. The zero-order chi connectivity index (χ0) is 17.4. The van der Waals surface area contributed by atoms with Gasteiger partial charge in [0.05, 0.1) is 5.69 Å². The van der Waals surface area contributed by atoms with Crippen molar-refractivity contribution < 1.29 is 0 Å². The number of anilines is 1. The van der Waals surface area contributed by atoms with Crippen LogP contribution < -0.4 is 4.81 Å². The molecule has 2 aromatic carbocycles. The van der Waals surface area contributed by atoms with Crippen LogP contribution in [0.15, 0.2) is 48.5 Å². The van der Waals surface area contributed by atoms with Crippen LogP contribution in [0.25, 0.3) is 22.5 Å². The fraction of sp³-hybridized carbons (Fsp3) is 0.300. The first kappa shape index (κ1) is 15.9. The average molecular weight is 329 g/mol. The molecule has 0 aliphatic carbocycles. The summed E-state index contributed by atoms with van der Waals surface area (Å²) >= 11 is 0. The Hall–Kier alpha value is -2.56. The van der Waals surface area contributed by atoms with Gasteiger partial charge in [-0.2, -0.15) is 0 Å². The monoisotopic (exact) mass is 329 g/mol. The molecule has 4 nitrogen and oxygen atoms in total. The van der Waals surface area contributed by atoms with Gasteiger partial charge in [-0.3, -0.25) is 0 Å². The maximum absolute atomic E-state index is 4.59. The van der Waals surface area contributed by atoms with Gasteiger partial charge in [0.2, 0.25) is 7.41 Å². The van der Waals surface area contributed by atoms with Crippen molar-refractivity contribution in [2.75, 3.05) is 4.81 Å². The highest BCUT2D eigenvalue weighted by molar-refractivity contribution is 6.40. The highest BCUT2D eigenvalue weighted by atomic mass is 15.4. The minimum Gasteiger partial charge on any atom is -0.415 e. The van der Waals surface area contributed by atoms with Gasteiger partial charge < -0.3 is 4.81 Å². The molecule has 2 heterocycles. The Kier molecular flexibility index (Phi) is 4.08. The van der Waals surface area contributed by atoms with Gasteiger partial charge in [0.15, 0.2) is 0 Å². The number of hydrogen-bond donors (Lipinski definition) is 0. The van der Waals surface area contributed by atoms with Crippen LogP contribution in [0, 0.1) is 5.92 Å². The Morgan fingerprint density at radius 2 is 1.76 bits per heavy atom. The smallest absolute Gasteiger partial charge is 0.243 e. The normalized spacial score (nSPS) is 12.9. The second-order valence-electron chi connectivity index (χ2n) is 6.92. The lowest BCUT2D eigenvalue weighted by Crippen LogP contribution is -2.27. The molecule has 0 spiro atoms. The third-order valence-electron chi connectivity index (χ3n) is 4.67. The summed E-state index contributed by atoms with van der Waals surface area (Å²) in [4.78, 5) is 2.31. The van der Waals surface area contributed by atoms with E-state index < -0.39 is 0 Å². The van der Waals surface area contributed by atoms with Crippen LogP contribution in [0.2, 0.25) is 6.82 Å². The molecule has 4 rings (SSSR count). The summed E-state index contributed by atoms with van der Waals surface area (Å²) in [5.41, 5.74) is 6.94. The summed E-state index contributed by atoms with van der Waals surface area (Å²) in [5.74, 6) is 0.507. The predicted octanol–water partition coefficient (Wildman–Crippen LogP) is 4.26. The van der Waals surface area contributed by atoms with E-state index in [0.29, 0.717) is 5.92 Å². The van der Waals surface area contributed by atoms with Crippen LogP contribution >= 0.6 is 0 Å². The van der Waals surface area contributed by atoms with E-state index in [9.17, 15) is 0 Å². The maximum Gasteiger partial charge on any atom is 0.243 e. The Labute approximate surface area is 149 Å². The molecule has 0 saturated carbocycles. The maximum atomic E-state index is 4.59. The van der Waals surface area contributed by atoms with Crippen LogP contribution in [-0.2, 0) is 13.1 Å². The van der Waals surface area contributed by atoms with Crippen LogP contribution in [-0.4, -0.2) is 22.4 Å². The van der Waals surface area contributed by atoms with Crippen molar-refractivity contribution in [2.45, 2.75) is 33.8 Å². The van der Waals surface area contributed by atoms with Crippen molar-refractivity contribution in [1.82, 2.24) is 15.0 Å². The lowest BCUT2D eigenvalue weighted by Gasteiger charge is -2.29. The summed E-state index contributed by atoms with van der Waals surface area (Å²) < 4.78 is 2.06. The lowest BCUT2D eigenvalue weighted by molar-refractivity contribution is 0.475. The Morgan fingerprint density at radius 1 is 1.04 bits per heavy atom. The second-order valence-corrected chi connectivity index (χ2v) is 6.92. The summed E-state index contributed by atoms with van der Waals surface area (Å²) in [6.45, 7) is 8.20. The molecule has 1 aromatic heterocycles. The highest BCUT2D eigenvalue weighted by Crippen LogP contribution is 2.40. The third kappa shape index (κ3) is 2.74. The van der Waals surface area contributed by atoms with Crippen molar-refractivity contribution in [3.63, 3.8) is 0 Å². The van der Waals surface area contributed by atoms with Gasteiger partial charge >= 0.3 is 0 Å². The zero-order valence-electron chi connectivity index (χ0n) is 15.0. The summed E-state index contributed by atoms with van der Waals surface area (Å²) in [7, 11) is 2.15. The van der Waals surface area contributed by atoms with E-state index in [1.807, 2.05) is 0 Å². The van der Waals surface area contributed by atoms with Crippen molar-refractivity contribution in [1.29, 1.82) is 0 Å². The van der Waals surface area contributed by atoms with Gasteiger partial charge in [-0.1, -0.05) is 68.3 Å². The van der Waals surface area contributed by atoms with E-state index in [1.165, 1.54) is 22.4 Å². The Morgan fingerprint density at radius 3 is 2.52 bits per heavy atom. The first-order valence-electron chi connectivity index (χ1n) is 8.86. The minimum absolute atomic E-state index is 0.507. The number of fused-ring (bicyclic) bond motifs is 5. The van der Waals surface area contributed by atoms with Crippen LogP contribution in [0.5, 0.6) is 0 Å². The predicted molar refractivity (Wildman–Crippen MR) is 104 cm³/mol. The first-order chi connectivity index (χ1) is 12.2. The number of aromatic nitrogens is 3. The SMILES string of the molecule is C[B]N1Cc2ccccc2-c2nnn(CC(C)C)c2-c2ccccc21. The first-order valence-corrected chi connectivity index (χ1v) is 8.86. The van der Waals surface area contributed by atoms with Crippen molar-refractivity contribution in [2.24, 2.45) is 5.92 Å². The Bertz CT molecular complexity index is 900. The van der Waals surface area contributed by atoms with Gasteiger partial charge in [0, 0.05) is 29.9 Å². The van der Waals surface area contributed by atoms with Crippen LogP contribution in [0.3, 0.4) is 0 Å². The molecule has 1 aliphatic rings. The van der Waals surface area contributed by atoms with Gasteiger partial charge in [-0.25, -0.2) is 4.68 Å². The summed E-state index contributed by atoms with van der Waals surface area (Å²) in [6.07, 6.45) is 0. The van der Waals surface area contributed by atoms with E-state index in [-0.39, 0.29) is 0 Å². The molecule has 0 unspecified atom stereocenters. The fourth-order valence-electron chi connectivity index (χ4n) is 3.55. The van der Waals surface area contributed by atoms with E-state index in [1.54, 1.807) is 0 Å². The second kappa shape index (κ2) is 6.39. The van der Waals surface area contributed by atoms with E-state index in [4.69, 9.17) is 0 Å². The number of rotatable bonds is 3. The molecule has 0 atom stereocenters. The average Bonchev–Trinajstić information content (AvgIpc) is 3.00. The molecule has 1 aliphatic heterocycles. The Balaban J connectivity index is 2.03. The molecule has 25 heavy (non-hydrogen) atoms. The molecule has 5 heteroatoms. The zero-order valence-corrected chi connectivity index (χ0v) is 15.0. The quantitative estimate of drug-likeness (QED) is 0.674. The molecule has 0 bridgehead atoms. The largest absolute Gasteiger partial charge is 0.415 e. The van der Waals surface area contributed by atoms with Crippen molar-refractivity contribution in [3.05, 3.63) is 54.1 Å². The van der Waals surface area contributed by atoms with Gasteiger partial charge in [0.25, 0.3) is 0 Å². The molecule has 0 fully saturated rings. The molecule has 0 amide bonds. The van der Waals surface area contributed by atoms with Crippen LogP contribution in [0.4, 0.5) is 5.69 Å². The molecular weight excluding hydrogens is 307 g/mol. The van der Waals surface area contributed by atoms with E-state index >= 15 is 0 Å². The topological polar surface area (TPSA) is 34.0 Å². The number of benzene rings is 2. The number of para-hydroxylation sites is 1. The van der Waals surface area contributed by atoms with Crippen molar-refractivity contribution >= 4 is 13.1 Å². The minimum atomic E-state index is 0.507. The molecule has 0 N–H and O–H groups in total. The standard InChI is InChI=1S/C20H22BN4/c1-14(2)12-25-20-17-10-6-7-11-18(17)24(21-3)13-15-8-4-5-9-16(15)19(20)22-23-25/h4-11,14H,12-13H2,1-3H3. The number of nitrogens with zero attached hydrogens (tertiary/aromatic N) is 4.